The molecule has 0 aliphatic rings. The van der Waals surface area contributed by atoms with E-state index in [0.717, 1.165) is 6.42 Å². The van der Waals surface area contributed by atoms with E-state index in [4.69, 9.17) is 0 Å². The molecule has 0 aromatic heterocycles. The van der Waals surface area contributed by atoms with Gasteiger partial charge in [0.2, 0.25) is 0 Å². The maximum Gasteiger partial charge on any atom is 0.0746 e. The SMILES string of the molecule is CCCCC(CC)CC(C)(O)CNC(C)(C)C. The third-order valence-corrected chi connectivity index (χ3v) is 3.27. The van der Waals surface area contributed by atoms with Crippen LogP contribution in [0, 0.1) is 5.92 Å². The zero-order valence-corrected chi connectivity index (χ0v) is 12.8. The molecule has 2 nitrogen and oxygen atoms in total. The van der Waals surface area contributed by atoms with Crippen LogP contribution in [0.15, 0.2) is 0 Å². The van der Waals surface area contributed by atoms with E-state index in [2.05, 4.69) is 39.9 Å². The summed E-state index contributed by atoms with van der Waals surface area (Å²) in [6, 6.07) is 0. The van der Waals surface area contributed by atoms with Crippen LogP contribution in [0.5, 0.6) is 0 Å². The molecule has 0 aliphatic carbocycles. The number of nitrogens with one attached hydrogen (secondary N) is 1. The lowest BCUT2D eigenvalue weighted by Gasteiger charge is -2.32. The summed E-state index contributed by atoms with van der Waals surface area (Å²) >= 11 is 0. The van der Waals surface area contributed by atoms with Gasteiger partial charge in [0, 0.05) is 12.1 Å². The quantitative estimate of drug-likeness (QED) is 0.681. The fourth-order valence-corrected chi connectivity index (χ4v) is 2.09. The molecule has 104 valence electrons. The molecule has 0 saturated carbocycles. The van der Waals surface area contributed by atoms with Crippen LogP contribution in [0.4, 0.5) is 0 Å². The molecule has 17 heavy (non-hydrogen) atoms. The largest absolute Gasteiger partial charge is 0.389 e. The van der Waals surface area contributed by atoms with Crippen LogP contribution in [0.2, 0.25) is 0 Å². The van der Waals surface area contributed by atoms with Crippen molar-refractivity contribution in [2.45, 2.75) is 84.8 Å². The van der Waals surface area contributed by atoms with E-state index in [1.54, 1.807) is 0 Å². The Bertz CT molecular complexity index is 194. The van der Waals surface area contributed by atoms with E-state index >= 15 is 0 Å². The predicted octanol–water partition coefficient (Wildman–Crippen LogP) is 3.73. The van der Waals surface area contributed by atoms with Crippen molar-refractivity contribution in [3.8, 4) is 0 Å². The fraction of sp³-hybridized carbons (Fsp3) is 1.00. The first-order chi connectivity index (χ1) is 7.70. The minimum Gasteiger partial charge on any atom is -0.389 e. The first kappa shape index (κ1) is 16.9. The number of aliphatic hydroxyl groups is 1. The highest BCUT2D eigenvalue weighted by atomic mass is 16.3. The lowest BCUT2D eigenvalue weighted by molar-refractivity contribution is 0.0261. The van der Waals surface area contributed by atoms with Crippen molar-refractivity contribution in [1.82, 2.24) is 5.32 Å². The molecule has 2 heteroatoms. The second-order valence-electron chi connectivity index (χ2n) is 6.72. The average molecular weight is 243 g/mol. The summed E-state index contributed by atoms with van der Waals surface area (Å²) in [5, 5.41) is 13.8. The Balaban J connectivity index is 4.11. The summed E-state index contributed by atoms with van der Waals surface area (Å²) in [7, 11) is 0. The first-order valence-electron chi connectivity index (χ1n) is 7.17. The van der Waals surface area contributed by atoms with E-state index in [9.17, 15) is 5.11 Å². The fourth-order valence-electron chi connectivity index (χ4n) is 2.09. The highest BCUT2D eigenvalue weighted by molar-refractivity contribution is 4.82. The van der Waals surface area contributed by atoms with Crippen molar-refractivity contribution in [1.29, 1.82) is 0 Å². The van der Waals surface area contributed by atoms with Gasteiger partial charge in [0.25, 0.3) is 0 Å². The van der Waals surface area contributed by atoms with Crippen LogP contribution in [0.1, 0.15) is 73.6 Å². The second-order valence-corrected chi connectivity index (χ2v) is 6.72. The summed E-state index contributed by atoms with van der Waals surface area (Å²) < 4.78 is 0. The Morgan fingerprint density at radius 2 is 1.71 bits per heavy atom. The van der Waals surface area contributed by atoms with E-state index in [-0.39, 0.29) is 5.54 Å². The maximum absolute atomic E-state index is 10.4. The Labute approximate surface area is 108 Å². The third kappa shape index (κ3) is 9.61. The minimum atomic E-state index is -0.582. The monoisotopic (exact) mass is 243 g/mol. The summed E-state index contributed by atoms with van der Waals surface area (Å²) in [5.74, 6) is 0.659. The van der Waals surface area contributed by atoms with Gasteiger partial charge in [-0.15, -0.1) is 0 Å². The van der Waals surface area contributed by atoms with Gasteiger partial charge < -0.3 is 10.4 Å². The molecule has 0 heterocycles. The van der Waals surface area contributed by atoms with E-state index in [1.807, 2.05) is 6.92 Å². The molecule has 0 aliphatic heterocycles. The van der Waals surface area contributed by atoms with Gasteiger partial charge in [-0.3, -0.25) is 0 Å². The zero-order chi connectivity index (χ0) is 13.5. The van der Waals surface area contributed by atoms with E-state index in [1.165, 1.54) is 25.7 Å². The molecule has 2 atom stereocenters. The molecule has 0 saturated heterocycles. The molecule has 2 N–H and O–H groups in total. The number of rotatable bonds is 8. The van der Waals surface area contributed by atoms with Crippen molar-refractivity contribution in [2.24, 2.45) is 5.92 Å². The van der Waals surface area contributed by atoms with Gasteiger partial charge in [-0.25, -0.2) is 0 Å². The summed E-state index contributed by atoms with van der Waals surface area (Å²) in [6.07, 6.45) is 5.86. The van der Waals surface area contributed by atoms with E-state index < -0.39 is 5.60 Å². The van der Waals surface area contributed by atoms with Gasteiger partial charge in [-0.2, -0.15) is 0 Å². The zero-order valence-electron chi connectivity index (χ0n) is 12.8. The van der Waals surface area contributed by atoms with Crippen LogP contribution in [-0.2, 0) is 0 Å². The van der Waals surface area contributed by atoms with Crippen LogP contribution in [-0.4, -0.2) is 22.8 Å². The van der Waals surface area contributed by atoms with Gasteiger partial charge >= 0.3 is 0 Å². The number of hydrogen-bond donors (Lipinski definition) is 2. The molecule has 0 rings (SSSR count). The van der Waals surface area contributed by atoms with Crippen molar-refractivity contribution in [3.05, 3.63) is 0 Å². The molecule has 0 spiro atoms. The third-order valence-electron chi connectivity index (χ3n) is 3.27. The van der Waals surface area contributed by atoms with Crippen LogP contribution >= 0.6 is 0 Å². The topological polar surface area (TPSA) is 32.3 Å². The smallest absolute Gasteiger partial charge is 0.0746 e. The molecule has 0 fully saturated rings. The highest BCUT2D eigenvalue weighted by Crippen LogP contribution is 2.24. The Morgan fingerprint density at radius 3 is 2.12 bits per heavy atom. The molecule has 0 amide bonds. The van der Waals surface area contributed by atoms with Gasteiger partial charge in [-0.05, 0) is 40.0 Å². The van der Waals surface area contributed by atoms with Gasteiger partial charge in [-0.1, -0.05) is 39.5 Å². The van der Waals surface area contributed by atoms with E-state index in [0.29, 0.717) is 12.5 Å². The summed E-state index contributed by atoms with van der Waals surface area (Å²) in [6.45, 7) is 13.5. The van der Waals surface area contributed by atoms with Gasteiger partial charge in [0.05, 0.1) is 5.60 Å². The van der Waals surface area contributed by atoms with Gasteiger partial charge in [0.15, 0.2) is 0 Å². The van der Waals surface area contributed by atoms with Crippen molar-refractivity contribution in [2.75, 3.05) is 6.54 Å². The summed E-state index contributed by atoms with van der Waals surface area (Å²) in [5.41, 5.74) is -0.503. The highest BCUT2D eigenvalue weighted by Gasteiger charge is 2.26. The second kappa shape index (κ2) is 7.38. The molecule has 0 aromatic carbocycles. The lowest BCUT2D eigenvalue weighted by Crippen LogP contribution is -2.47. The van der Waals surface area contributed by atoms with Crippen molar-refractivity contribution >= 4 is 0 Å². The lowest BCUT2D eigenvalue weighted by atomic mass is 9.86. The normalized spacial score (nSPS) is 17.8. The minimum absolute atomic E-state index is 0.0785. The average Bonchev–Trinajstić information content (AvgIpc) is 2.20. The number of hydrogen-bond acceptors (Lipinski definition) is 2. The molecule has 0 radical (unpaired) electrons. The molecule has 0 aromatic rings. The Morgan fingerprint density at radius 1 is 1.12 bits per heavy atom. The molecular formula is C15H33NO. The van der Waals surface area contributed by atoms with Crippen molar-refractivity contribution in [3.63, 3.8) is 0 Å². The maximum atomic E-state index is 10.4. The van der Waals surface area contributed by atoms with Crippen LogP contribution in [0.3, 0.4) is 0 Å². The predicted molar refractivity (Wildman–Crippen MR) is 76.3 cm³/mol. The molecule has 0 bridgehead atoms. The standard InChI is InChI=1S/C15H33NO/c1-7-9-10-13(8-2)11-15(6,17)12-16-14(3,4)5/h13,16-17H,7-12H2,1-6H3. The van der Waals surface area contributed by atoms with Crippen molar-refractivity contribution < 1.29 is 5.11 Å². The molecular weight excluding hydrogens is 210 g/mol. The Kier molecular flexibility index (Phi) is 7.34. The number of unbranched alkanes of at least 4 members (excludes halogenated alkanes) is 1. The molecule has 2 unspecified atom stereocenters. The van der Waals surface area contributed by atoms with Gasteiger partial charge in [0.1, 0.15) is 0 Å². The van der Waals surface area contributed by atoms with Crippen LogP contribution in [0.25, 0.3) is 0 Å². The Hall–Kier alpha value is -0.0800. The number of β-amino-alcohol motifs (C(OH)–C–C–N with tert-alkyl or cyclic N) is 1. The first-order valence-corrected chi connectivity index (χ1v) is 7.17. The summed E-state index contributed by atoms with van der Waals surface area (Å²) in [4.78, 5) is 0. The van der Waals surface area contributed by atoms with Crippen LogP contribution < -0.4 is 5.32 Å².